The Morgan fingerprint density at radius 2 is 1.59 bits per heavy atom. The Morgan fingerprint density at radius 1 is 0.865 bits per heavy atom. The van der Waals surface area contributed by atoms with Gasteiger partial charge in [-0.3, -0.25) is 14.9 Å². The lowest BCUT2D eigenvalue weighted by molar-refractivity contribution is 0.160. The summed E-state index contributed by atoms with van der Waals surface area (Å²) < 4.78 is 19.7. The summed E-state index contributed by atoms with van der Waals surface area (Å²) >= 11 is 0. The fourth-order valence-electron chi connectivity index (χ4n) is 5.81. The van der Waals surface area contributed by atoms with Gasteiger partial charge in [-0.25, -0.2) is 4.39 Å². The predicted molar refractivity (Wildman–Crippen MR) is 142 cm³/mol. The van der Waals surface area contributed by atoms with Crippen LogP contribution in [0.25, 0.3) is 21.8 Å². The average molecular weight is 504 g/mol. The molecular formula is C28H30FN5O3. The highest BCUT2D eigenvalue weighted by Crippen LogP contribution is 2.40. The van der Waals surface area contributed by atoms with E-state index < -0.39 is 0 Å². The molecule has 4 heterocycles. The number of phenolic OH excluding ortho intramolecular Hbond substituents is 1. The quantitative estimate of drug-likeness (QED) is 0.430. The number of ether oxygens (including phenoxy) is 1. The molecule has 2 saturated heterocycles. The predicted octanol–water partition coefficient (Wildman–Crippen LogP) is 4.13. The van der Waals surface area contributed by atoms with Crippen molar-refractivity contribution in [2.75, 3.05) is 56.2 Å². The van der Waals surface area contributed by atoms with Gasteiger partial charge < -0.3 is 24.7 Å². The normalized spacial score (nSPS) is 17.6. The highest BCUT2D eigenvalue weighted by Gasteiger charge is 2.29. The Morgan fingerprint density at radius 3 is 2.35 bits per heavy atom. The molecule has 0 bridgehead atoms. The maximum atomic E-state index is 14.3. The molecule has 37 heavy (non-hydrogen) atoms. The minimum absolute atomic E-state index is 0.0315. The van der Waals surface area contributed by atoms with Crippen molar-refractivity contribution in [3.63, 3.8) is 0 Å². The van der Waals surface area contributed by atoms with Crippen molar-refractivity contribution in [3.8, 4) is 17.2 Å². The van der Waals surface area contributed by atoms with Crippen LogP contribution in [0.1, 0.15) is 12.8 Å². The Hall–Kier alpha value is -3.85. The van der Waals surface area contributed by atoms with Crippen LogP contribution in [-0.4, -0.2) is 77.5 Å². The second kappa shape index (κ2) is 9.55. The van der Waals surface area contributed by atoms with Crippen molar-refractivity contribution in [2.24, 2.45) is 0 Å². The molecule has 2 fully saturated rings. The van der Waals surface area contributed by atoms with Gasteiger partial charge in [-0.1, -0.05) is 0 Å². The molecule has 0 radical (unpaired) electrons. The minimum Gasteiger partial charge on any atom is -0.506 e. The van der Waals surface area contributed by atoms with Crippen LogP contribution in [0.2, 0.25) is 0 Å². The summed E-state index contributed by atoms with van der Waals surface area (Å²) in [6.45, 7) is 5.38. The van der Waals surface area contributed by atoms with Gasteiger partial charge in [0, 0.05) is 68.3 Å². The second-order valence-electron chi connectivity index (χ2n) is 9.74. The largest absolute Gasteiger partial charge is 0.506 e. The van der Waals surface area contributed by atoms with Gasteiger partial charge in [-0.15, -0.1) is 0 Å². The van der Waals surface area contributed by atoms with E-state index in [4.69, 9.17) is 4.74 Å². The third-order valence-corrected chi connectivity index (χ3v) is 7.76. The van der Waals surface area contributed by atoms with Crippen molar-refractivity contribution >= 4 is 33.2 Å². The number of aromatic hydroxyl groups is 2. The topological polar surface area (TPSA) is 85.2 Å². The number of methoxy groups -OCH3 is 1. The van der Waals surface area contributed by atoms with E-state index in [-0.39, 0.29) is 17.3 Å². The molecule has 2 aliphatic rings. The fourth-order valence-corrected chi connectivity index (χ4v) is 5.81. The van der Waals surface area contributed by atoms with E-state index in [1.54, 1.807) is 19.4 Å². The van der Waals surface area contributed by atoms with Crippen LogP contribution in [0.3, 0.4) is 0 Å². The van der Waals surface area contributed by atoms with Gasteiger partial charge in [0.1, 0.15) is 11.6 Å². The van der Waals surface area contributed by atoms with Crippen LogP contribution in [0.5, 0.6) is 17.2 Å². The standard InChI is InChI=1S/C28H30FN5O3/c1-37-25-16-24(26-20(28(25)36)3-2-8-30-26)34-13-11-32(12-14-34)18-6-9-33(10-7-18)23-5-4-22(29)21-15-19(35)17-31-27(21)23/h2-5,8,15-18,35-36H,6-7,9-14H2,1H3. The summed E-state index contributed by atoms with van der Waals surface area (Å²) in [5.74, 6) is 0.184. The molecule has 2 aliphatic heterocycles. The first-order chi connectivity index (χ1) is 18.0. The molecule has 8 nitrogen and oxygen atoms in total. The van der Waals surface area contributed by atoms with Gasteiger partial charge in [0.05, 0.1) is 35.7 Å². The Labute approximate surface area is 214 Å². The number of hydrogen-bond donors (Lipinski definition) is 2. The molecule has 0 saturated carbocycles. The number of rotatable bonds is 4. The van der Waals surface area contributed by atoms with Crippen molar-refractivity contribution in [1.82, 2.24) is 14.9 Å². The van der Waals surface area contributed by atoms with Crippen LogP contribution >= 0.6 is 0 Å². The average Bonchev–Trinajstić information content (AvgIpc) is 2.94. The summed E-state index contributed by atoms with van der Waals surface area (Å²) in [4.78, 5) is 16.1. The number of benzene rings is 2. The smallest absolute Gasteiger partial charge is 0.167 e. The highest BCUT2D eigenvalue weighted by molar-refractivity contribution is 5.97. The summed E-state index contributed by atoms with van der Waals surface area (Å²) in [5.41, 5.74) is 3.29. The Kier molecular flexibility index (Phi) is 6.08. The summed E-state index contributed by atoms with van der Waals surface area (Å²) in [6.07, 6.45) is 5.17. The number of fused-ring (bicyclic) bond motifs is 2. The zero-order chi connectivity index (χ0) is 25.5. The third-order valence-electron chi connectivity index (χ3n) is 7.76. The molecule has 4 aromatic rings. The first-order valence-corrected chi connectivity index (χ1v) is 12.7. The van der Waals surface area contributed by atoms with Crippen LogP contribution in [0, 0.1) is 5.82 Å². The molecule has 192 valence electrons. The first kappa shape index (κ1) is 23.5. The van der Waals surface area contributed by atoms with E-state index in [0.29, 0.717) is 28.1 Å². The lowest BCUT2D eigenvalue weighted by Crippen LogP contribution is -2.53. The van der Waals surface area contributed by atoms with Crippen molar-refractivity contribution in [2.45, 2.75) is 18.9 Å². The Bertz CT molecular complexity index is 1450. The number of piperidine rings is 1. The monoisotopic (exact) mass is 503 g/mol. The number of hydrogen-bond acceptors (Lipinski definition) is 8. The van der Waals surface area contributed by atoms with Crippen molar-refractivity contribution in [3.05, 3.63) is 54.6 Å². The maximum absolute atomic E-state index is 14.3. The summed E-state index contributed by atoms with van der Waals surface area (Å²) in [6, 6.07) is 10.8. The number of phenols is 1. The van der Waals surface area contributed by atoms with E-state index in [9.17, 15) is 14.6 Å². The SMILES string of the molecule is COc1cc(N2CCN(C3CCN(c4ccc(F)c5cc(O)cnc45)CC3)CC2)c2ncccc2c1O. The first-order valence-electron chi connectivity index (χ1n) is 12.7. The molecule has 0 atom stereocenters. The molecule has 2 aromatic carbocycles. The second-order valence-corrected chi connectivity index (χ2v) is 9.74. The number of nitrogens with zero attached hydrogens (tertiary/aromatic N) is 5. The molecule has 2 N–H and O–H groups in total. The molecule has 0 spiro atoms. The number of halogens is 1. The molecular weight excluding hydrogens is 473 g/mol. The number of piperazine rings is 1. The van der Waals surface area contributed by atoms with Gasteiger partial charge in [-0.05, 0) is 43.2 Å². The third kappa shape index (κ3) is 4.23. The van der Waals surface area contributed by atoms with Crippen LogP contribution in [0.4, 0.5) is 15.8 Å². The summed E-state index contributed by atoms with van der Waals surface area (Å²) in [5, 5.41) is 21.3. The summed E-state index contributed by atoms with van der Waals surface area (Å²) in [7, 11) is 1.57. The van der Waals surface area contributed by atoms with Crippen LogP contribution < -0.4 is 14.5 Å². The number of pyridine rings is 2. The van der Waals surface area contributed by atoms with Crippen LogP contribution in [0.15, 0.2) is 48.8 Å². The zero-order valence-corrected chi connectivity index (χ0v) is 20.8. The van der Waals surface area contributed by atoms with Crippen LogP contribution in [-0.2, 0) is 0 Å². The van der Waals surface area contributed by atoms with Gasteiger partial charge in [-0.2, -0.15) is 0 Å². The van der Waals surface area contributed by atoms with Gasteiger partial charge in [0.15, 0.2) is 11.5 Å². The molecule has 2 aromatic heterocycles. The van der Waals surface area contributed by atoms with E-state index >= 15 is 0 Å². The van der Waals surface area contributed by atoms with Crippen molar-refractivity contribution < 1.29 is 19.3 Å². The lowest BCUT2D eigenvalue weighted by atomic mass is 10.0. The molecule has 9 heteroatoms. The zero-order valence-electron chi connectivity index (χ0n) is 20.8. The number of anilines is 2. The van der Waals surface area contributed by atoms with E-state index in [1.165, 1.54) is 18.3 Å². The van der Waals surface area contributed by atoms with Gasteiger partial charge in [0.2, 0.25) is 0 Å². The minimum atomic E-state index is -0.371. The van der Waals surface area contributed by atoms with Gasteiger partial charge in [0.25, 0.3) is 0 Å². The molecule has 6 rings (SSSR count). The molecule has 0 aliphatic carbocycles. The van der Waals surface area contributed by atoms with Gasteiger partial charge >= 0.3 is 0 Å². The fraction of sp³-hybridized carbons (Fsp3) is 0.357. The lowest BCUT2D eigenvalue weighted by Gasteiger charge is -2.44. The van der Waals surface area contributed by atoms with E-state index in [2.05, 4.69) is 24.7 Å². The Balaban J connectivity index is 1.13. The highest BCUT2D eigenvalue weighted by atomic mass is 19.1. The maximum Gasteiger partial charge on any atom is 0.167 e. The van der Waals surface area contributed by atoms with Crippen molar-refractivity contribution in [1.29, 1.82) is 0 Å². The molecule has 0 amide bonds. The van der Waals surface area contributed by atoms with E-state index in [0.717, 1.165) is 69.0 Å². The number of aromatic nitrogens is 2. The van der Waals surface area contributed by atoms with E-state index in [1.807, 2.05) is 18.2 Å². The molecule has 0 unspecified atom stereocenters.